The molecule has 1 aliphatic heterocycles. The average molecular weight is 240 g/mol. The smallest absolute Gasteiger partial charge is 0.323 e. The molecule has 0 radical (unpaired) electrons. The third-order valence-corrected chi connectivity index (χ3v) is 2.84. The lowest BCUT2D eigenvalue weighted by Crippen LogP contribution is -2.48. The van der Waals surface area contributed by atoms with E-state index in [2.05, 4.69) is 0 Å². The second kappa shape index (κ2) is 4.14. The van der Waals surface area contributed by atoms with Crippen LogP contribution in [-0.4, -0.2) is 28.4 Å². The lowest BCUT2D eigenvalue weighted by atomic mass is 9.94. The molecule has 0 bridgehead atoms. The summed E-state index contributed by atoms with van der Waals surface area (Å²) in [4.78, 5) is 23.2. The van der Waals surface area contributed by atoms with Gasteiger partial charge in [-0.3, -0.25) is 9.59 Å². The summed E-state index contributed by atoms with van der Waals surface area (Å²) in [7, 11) is 0. The van der Waals surface area contributed by atoms with Gasteiger partial charge in [-0.2, -0.15) is 0 Å². The molecule has 1 atom stereocenters. The van der Waals surface area contributed by atoms with Crippen molar-refractivity contribution in [2.75, 3.05) is 6.54 Å². The van der Waals surface area contributed by atoms with Crippen molar-refractivity contribution in [3.05, 3.63) is 34.9 Å². The zero-order chi connectivity index (χ0) is 11.7. The molecule has 1 amide bonds. The summed E-state index contributed by atoms with van der Waals surface area (Å²) >= 11 is 5.84. The first-order valence-electron chi connectivity index (χ1n) is 4.84. The fourth-order valence-corrected chi connectivity index (χ4v) is 2.01. The van der Waals surface area contributed by atoms with Gasteiger partial charge in [0, 0.05) is 5.02 Å². The standard InChI is InChI=1S/C11H10ClNO3/c12-8-3-1-2-7(4-8)9-5-10(14)13(9)6-11(15)16/h1-4,9H,5-6H2,(H,15,16). The maximum atomic E-state index is 11.3. The van der Waals surface area contributed by atoms with Gasteiger partial charge in [0.25, 0.3) is 0 Å². The SMILES string of the molecule is O=C(O)CN1C(=O)CC1c1cccc(Cl)c1. The minimum atomic E-state index is -1.000. The summed E-state index contributed by atoms with van der Waals surface area (Å²) in [6.07, 6.45) is 0.355. The summed E-state index contributed by atoms with van der Waals surface area (Å²) < 4.78 is 0. The van der Waals surface area contributed by atoms with E-state index >= 15 is 0 Å². The van der Waals surface area contributed by atoms with Gasteiger partial charge in [-0.25, -0.2) is 0 Å². The van der Waals surface area contributed by atoms with Crippen LogP contribution in [0.1, 0.15) is 18.0 Å². The Hall–Kier alpha value is -1.55. The number of carboxylic acid groups (broad SMARTS) is 1. The van der Waals surface area contributed by atoms with Crippen LogP contribution in [0.2, 0.25) is 5.02 Å². The summed E-state index contributed by atoms with van der Waals surface area (Å²) in [6, 6.07) is 6.99. The van der Waals surface area contributed by atoms with Gasteiger partial charge in [0.2, 0.25) is 5.91 Å². The Morgan fingerprint density at radius 3 is 2.88 bits per heavy atom. The summed E-state index contributed by atoms with van der Waals surface area (Å²) in [5.41, 5.74) is 0.883. The zero-order valence-electron chi connectivity index (χ0n) is 8.39. The number of amides is 1. The Kier molecular flexibility index (Phi) is 2.83. The molecule has 0 aromatic heterocycles. The summed E-state index contributed by atoms with van der Waals surface area (Å²) in [5.74, 6) is -1.13. The third kappa shape index (κ3) is 2.02. The first-order valence-corrected chi connectivity index (χ1v) is 5.22. The zero-order valence-corrected chi connectivity index (χ0v) is 9.15. The molecule has 1 aromatic carbocycles. The first-order chi connectivity index (χ1) is 7.58. The maximum Gasteiger partial charge on any atom is 0.323 e. The number of β-lactam (4-membered cyclic amide) rings is 1. The molecule has 4 nitrogen and oxygen atoms in total. The molecule has 2 rings (SSSR count). The van der Waals surface area contributed by atoms with Crippen LogP contribution in [0.15, 0.2) is 24.3 Å². The van der Waals surface area contributed by atoms with Crippen LogP contribution in [0.5, 0.6) is 0 Å². The molecule has 1 unspecified atom stereocenters. The van der Waals surface area contributed by atoms with Crippen LogP contribution >= 0.6 is 11.6 Å². The van der Waals surface area contributed by atoms with Crippen molar-refractivity contribution in [2.45, 2.75) is 12.5 Å². The van der Waals surface area contributed by atoms with Gasteiger partial charge in [-0.15, -0.1) is 0 Å². The number of hydrogen-bond acceptors (Lipinski definition) is 2. The molecule has 1 aromatic rings. The molecule has 0 aliphatic carbocycles. The Morgan fingerprint density at radius 2 is 2.31 bits per heavy atom. The van der Waals surface area contributed by atoms with E-state index in [1.807, 2.05) is 6.07 Å². The van der Waals surface area contributed by atoms with Gasteiger partial charge in [0.05, 0.1) is 12.5 Å². The monoisotopic (exact) mass is 239 g/mol. The highest BCUT2D eigenvalue weighted by molar-refractivity contribution is 6.30. The number of hydrogen-bond donors (Lipinski definition) is 1. The molecule has 1 saturated heterocycles. The highest BCUT2D eigenvalue weighted by Crippen LogP contribution is 2.34. The number of likely N-dealkylation sites (tertiary alicyclic amines) is 1. The molecule has 1 N–H and O–H groups in total. The van der Waals surface area contributed by atoms with E-state index in [0.717, 1.165) is 5.56 Å². The van der Waals surface area contributed by atoms with E-state index in [0.29, 0.717) is 11.4 Å². The van der Waals surface area contributed by atoms with Crippen molar-refractivity contribution >= 4 is 23.5 Å². The topological polar surface area (TPSA) is 57.6 Å². The fraction of sp³-hybridized carbons (Fsp3) is 0.273. The van der Waals surface area contributed by atoms with Gasteiger partial charge in [-0.1, -0.05) is 23.7 Å². The van der Waals surface area contributed by atoms with Crippen molar-refractivity contribution in [2.24, 2.45) is 0 Å². The number of carboxylic acids is 1. The molecular formula is C11H10ClNO3. The minimum Gasteiger partial charge on any atom is -0.480 e. The number of halogens is 1. The molecule has 1 fully saturated rings. The number of carbonyl (C=O) groups excluding carboxylic acids is 1. The van der Waals surface area contributed by atoms with Crippen molar-refractivity contribution in [1.29, 1.82) is 0 Å². The van der Waals surface area contributed by atoms with E-state index in [-0.39, 0.29) is 18.5 Å². The minimum absolute atomic E-state index is 0.132. The number of carbonyl (C=O) groups is 2. The number of benzene rings is 1. The van der Waals surface area contributed by atoms with Gasteiger partial charge in [0.15, 0.2) is 0 Å². The van der Waals surface area contributed by atoms with Crippen LogP contribution in [0, 0.1) is 0 Å². The molecule has 0 saturated carbocycles. The van der Waals surface area contributed by atoms with Crippen LogP contribution < -0.4 is 0 Å². The molecular weight excluding hydrogens is 230 g/mol. The van der Waals surface area contributed by atoms with Gasteiger partial charge >= 0.3 is 5.97 Å². The Bertz CT molecular complexity index is 447. The first kappa shape index (κ1) is 11.0. The lowest BCUT2D eigenvalue weighted by molar-refractivity contribution is -0.155. The number of rotatable bonds is 3. The van der Waals surface area contributed by atoms with E-state index in [9.17, 15) is 9.59 Å². The lowest BCUT2D eigenvalue weighted by Gasteiger charge is -2.39. The van der Waals surface area contributed by atoms with Crippen molar-refractivity contribution in [3.8, 4) is 0 Å². The Balaban J connectivity index is 2.16. The second-order valence-electron chi connectivity index (χ2n) is 3.69. The quantitative estimate of drug-likeness (QED) is 0.817. The largest absolute Gasteiger partial charge is 0.480 e. The van der Waals surface area contributed by atoms with Gasteiger partial charge in [-0.05, 0) is 17.7 Å². The molecule has 0 spiro atoms. The fourth-order valence-electron chi connectivity index (χ4n) is 1.81. The molecule has 1 aliphatic rings. The van der Waals surface area contributed by atoms with Crippen molar-refractivity contribution in [3.63, 3.8) is 0 Å². The Morgan fingerprint density at radius 1 is 1.56 bits per heavy atom. The predicted octanol–water partition coefficient (Wildman–Crippen LogP) is 1.70. The van der Waals surface area contributed by atoms with E-state index < -0.39 is 5.97 Å². The predicted molar refractivity (Wildman–Crippen MR) is 58.2 cm³/mol. The van der Waals surface area contributed by atoms with E-state index in [1.165, 1.54) is 4.90 Å². The van der Waals surface area contributed by atoms with Gasteiger partial charge in [0.1, 0.15) is 6.54 Å². The molecule has 1 heterocycles. The highest BCUT2D eigenvalue weighted by Gasteiger charge is 2.38. The van der Waals surface area contributed by atoms with Crippen LogP contribution in [0.4, 0.5) is 0 Å². The highest BCUT2D eigenvalue weighted by atomic mass is 35.5. The van der Waals surface area contributed by atoms with Gasteiger partial charge < -0.3 is 10.0 Å². The molecule has 5 heteroatoms. The Labute approximate surface area is 97.4 Å². The van der Waals surface area contributed by atoms with Crippen LogP contribution in [-0.2, 0) is 9.59 Å². The van der Waals surface area contributed by atoms with Crippen LogP contribution in [0.3, 0.4) is 0 Å². The third-order valence-electron chi connectivity index (χ3n) is 2.60. The summed E-state index contributed by atoms with van der Waals surface area (Å²) in [5, 5.41) is 9.26. The van der Waals surface area contributed by atoms with Crippen molar-refractivity contribution in [1.82, 2.24) is 4.90 Å². The second-order valence-corrected chi connectivity index (χ2v) is 4.13. The van der Waals surface area contributed by atoms with Crippen LogP contribution in [0.25, 0.3) is 0 Å². The molecule has 84 valence electrons. The maximum absolute atomic E-state index is 11.3. The van der Waals surface area contributed by atoms with E-state index in [4.69, 9.17) is 16.7 Å². The van der Waals surface area contributed by atoms with Crippen molar-refractivity contribution < 1.29 is 14.7 Å². The summed E-state index contributed by atoms with van der Waals surface area (Å²) in [6.45, 7) is -0.254. The van der Waals surface area contributed by atoms with E-state index in [1.54, 1.807) is 18.2 Å². The number of aliphatic carboxylic acids is 1. The number of nitrogens with zero attached hydrogens (tertiary/aromatic N) is 1. The average Bonchev–Trinajstić information content (AvgIpc) is 2.22. The normalized spacial score (nSPS) is 19.4. The molecule has 16 heavy (non-hydrogen) atoms.